The Morgan fingerprint density at radius 3 is 2.35 bits per heavy atom. The molecule has 1 heterocycles. The highest BCUT2D eigenvalue weighted by atomic mass is 19.1. The van der Waals surface area contributed by atoms with Crippen LogP contribution in [0.5, 0.6) is 5.75 Å². The van der Waals surface area contributed by atoms with E-state index in [2.05, 4.69) is 5.32 Å². The summed E-state index contributed by atoms with van der Waals surface area (Å²) >= 11 is 0. The smallest absolute Gasteiger partial charge is 0.191 e. The minimum atomic E-state index is -0.819. The summed E-state index contributed by atoms with van der Waals surface area (Å²) in [6, 6.07) is 3.67. The summed E-state index contributed by atoms with van der Waals surface area (Å²) in [5.74, 6) is -2.02. The lowest BCUT2D eigenvalue weighted by molar-refractivity contribution is 0.149. The molecule has 1 saturated heterocycles. The van der Waals surface area contributed by atoms with Crippen LogP contribution in [0.3, 0.4) is 0 Å². The zero-order chi connectivity index (χ0) is 12.3. The van der Waals surface area contributed by atoms with Crippen LogP contribution >= 0.6 is 0 Å². The third kappa shape index (κ3) is 2.71. The van der Waals surface area contributed by atoms with Crippen molar-refractivity contribution in [2.24, 2.45) is 0 Å². The fraction of sp³-hybridized carbons (Fsp3) is 0.417. The average Bonchev–Trinajstić information content (AvgIpc) is 2.35. The molecule has 1 aliphatic rings. The number of ether oxygens (including phenoxy) is 1. The first-order valence-electron chi connectivity index (χ1n) is 5.47. The number of rotatable bonds is 2. The van der Waals surface area contributed by atoms with E-state index in [1.807, 2.05) is 0 Å². The van der Waals surface area contributed by atoms with Crippen LogP contribution in [0.25, 0.3) is 0 Å². The number of nitrogens with zero attached hydrogens (tertiary/aromatic N) is 1. The number of nitrogens with one attached hydrogen (secondary N) is 1. The van der Waals surface area contributed by atoms with Crippen LogP contribution in [0.1, 0.15) is 18.4 Å². The van der Waals surface area contributed by atoms with E-state index in [-0.39, 0.29) is 17.4 Å². The fourth-order valence-corrected chi connectivity index (χ4v) is 1.82. The van der Waals surface area contributed by atoms with Crippen molar-refractivity contribution in [2.45, 2.75) is 18.9 Å². The number of benzene rings is 1. The molecule has 17 heavy (non-hydrogen) atoms. The predicted octanol–water partition coefficient (Wildman–Crippen LogP) is 1.97. The molecule has 0 spiro atoms. The molecule has 1 N–H and O–H groups in total. The molecule has 0 aromatic heterocycles. The molecule has 5 heteroatoms. The van der Waals surface area contributed by atoms with Crippen molar-refractivity contribution in [3.63, 3.8) is 0 Å². The third-order valence-electron chi connectivity index (χ3n) is 2.70. The summed E-state index contributed by atoms with van der Waals surface area (Å²) in [5, 5.41) is 11.7. The predicted molar refractivity (Wildman–Crippen MR) is 57.6 cm³/mol. The zero-order valence-electron chi connectivity index (χ0n) is 9.17. The molecule has 0 atom stereocenters. The molecule has 1 aromatic rings. The molecule has 90 valence electrons. The lowest BCUT2D eigenvalue weighted by Gasteiger charge is -2.24. The second-order valence-electron chi connectivity index (χ2n) is 3.95. The van der Waals surface area contributed by atoms with Crippen molar-refractivity contribution >= 4 is 0 Å². The van der Waals surface area contributed by atoms with Crippen LogP contribution in [0, 0.1) is 23.0 Å². The van der Waals surface area contributed by atoms with Gasteiger partial charge in [0.15, 0.2) is 17.4 Å². The van der Waals surface area contributed by atoms with E-state index in [9.17, 15) is 8.78 Å². The number of nitriles is 1. The number of hydrogen-bond donors (Lipinski definition) is 1. The SMILES string of the molecule is N#Cc1cc(F)c(OC2CCNCC2)c(F)c1. The van der Waals surface area contributed by atoms with Gasteiger partial charge in [-0.05, 0) is 38.1 Å². The molecule has 0 unspecified atom stereocenters. The number of halogens is 2. The first-order valence-corrected chi connectivity index (χ1v) is 5.47. The topological polar surface area (TPSA) is 45.0 Å². The lowest BCUT2D eigenvalue weighted by atomic mass is 10.1. The van der Waals surface area contributed by atoms with Gasteiger partial charge in [-0.15, -0.1) is 0 Å². The van der Waals surface area contributed by atoms with E-state index >= 15 is 0 Å². The van der Waals surface area contributed by atoms with Gasteiger partial charge < -0.3 is 10.1 Å². The maximum Gasteiger partial charge on any atom is 0.191 e. The Labute approximate surface area is 98.0 Å². The highest BCUT2D eigenvalue weighted by Gasteiger charge is 2.19. The van der Waals surface area contributed by atoms with Gasteiger partial charge in [0, 0.05) is 0 Å². The molecule has 0 radical (unpaired) electrons. The van der Waals surface area contributed by atoms with Crippen molar-refractivity contribution < 1.29 is 13.5 Å². The lowest BCUT2D eigenvalue weighted by Crippen LogP contribution is -2.34. The number of hydrogen-bond acceptors (Lipinski definition) is 3. The van der Waals surface area contributed by atoms with Gasteiger partial charge >= 0.3 is 0 Å². The van der Waals surface area contributed by atoms with Crippen LogP contribution in [-0.2, 0) is 0 Å². The van der Waals surface area contributed by atoms with Crippen molar-refractivity contribution in [1.29, 1.82) is 5.26 Å². The average molecular weight is 238 g/mol. The summed E-state index contributed by atoms with van der Waals surface area (Å²) in [6.45, 7) is 1.56. The molecule has 1 aliphatic heterocycles. The van der Waals surface area contributed by atoms with Crippen molar-refractivity contribution in [1.82, 2.24) is 5.32 Å². The monoisotopic (exact) mass is 238 g/mol. The Kier molecular flexibility index (Phi) is 3.55. The third-order valence-corrected chi connectivity index (χ3v) is 2.70. The molecule has 3 nitrogen and oxygen atoms in total. The Hall–Kier alpha value is -1.67. The van der Waals surface area contributed by atoms with Gasteiger partial charge in [-0.2, -0.15) is 5.26 Å². The van der Waals surface area contributed by atoms with Crippen LogP contribution in [0.4, 0.5) is 8.78 Å². The molecular weight excluding hydrogens is 226 g/mol. The summed E-state index contributed by atoms with van der Waals surface area (Å²) in [5.41, 5.74) is -0.0438. The Morgan fingerprint density at radius 2 is 1.82 bits per heavy atom. The van der Waals surface area contributed by atoms with Crippen LogP contribution in [0.2, 0.25) is 0 Å². The molecule has 1 aromatic carbocycles. The molecule has 1 fully saturated rings. The summed E-state index contributed by atoms with van der Waals surface area (Å²) in [7, 11) is 0. The van der Waals surface area contributed by atoms with E-state index in [1.54, 1.807) is 6.07 Å². The molecule has 0 saturated carbocycles. The van der Waals surface area contributed by atoms with E-state index in [4.69, 9.17) is 10.00 Å². The second-order valence-corrected chi connectivity index (χ2v) is 3.95. The fourth-order valence-electron chi connectivity index (χ4n) is 1.82. The molecule has 0 aliphatic carbocycles. The molecular formula is C12H12F2N2O. The largest absolute Gasteiger partial charge is 0.484 e. The van der Waals surface area contributed by atoms with E-state index in [0.717, 1.165) is 38.1 Å². The number of piperidine rings is 1. The van der Waals surface area contributed by atoms with E-state index in [1.165, 1.54) is 0 Å². The summed E-state index contributed by atoms with van der Waals surface area (Å²) < 4.78 is 32.4. The Balaban J connectivity index is 2.18. The minimum absolute atomic E-state index is 0.0438. The standard InChI is InChI=1S/C12H12F2N2O/c13-10-5-8(7-15)6-11(14)12(10)17-9-1-3-16-4-2-9/h5-6,9,16H,1-4H2. The summed E-state index contributed by atoms with van der Waals surface area (Å²) in [6.07, 6.45) is 1.27. The normalized spacial score (nSPS) is 16.5. The molecule has 0 bridgehead atoms. The van der Waals surface area contributed by atoms with Crippen molar-refractivity contribution in [3.05, 3.63) is 29.3 Å². The van der Waals surface area contributed by atoms with Crippen LogP contribution < -0.4 is 10.1 Å². The van der Waals surface area contributed by atoms with Crippen LogP contribution in [0.15, 0.2) is 12.1 Å². The zero-order valence-corrected chi connectivity index (χ0v) is 9.17. The van der Waals surface area contributed by atoms with Crippen LogP contribution in [-0.4, -0.2) is 19.2 Å². The molecule has 2 rings (SSSR count). The first-order chi connectivity index (χ1) is 8.20. The van der Waals surface area contributed by atoms with Crippen molar-refractivity contribution in [3.8, 4) is 11.8 Å². The first kappa shape index (κ1) is 11.8. The van der Waals surface area contributed by atoms with Gasteiger partial charge in [0.05, 0.1) is 11.6 Å². The quantitative estimate of drug-likeness (QED) is 0.856. The highest BCUT2D eigenvalue weighted by molar-refractivity contribution is 5.37. The Morgan fingerprint density at radius 1 is 1.24 bits per heavy atom. The maximum absolute atomic E-state index is 13.5. The van der Waals surface area contributed by atoms with Gasteiger partial charge in [0.2, 0.25) is 0 Å². The van der Waals surface area contributed by atoms with E-state index in [0.29, 0.717) is 0 Å². The van der Waals surface area contributed by atoms with Gasteiger partial charge in [-0.1, -0.05) is 0 Å². The van der Waals surface area contributed by atoms with Gasteiger partial charge in [0.25, 0.3) is 0 Å². The van der Waals surface area contributed by atoms with Gasteiger partial charge in [-0.25, -0.2) is 8.78 Å². The summed E-state index contributed by atoms with van der Waals surface area (Å²) in [4.78, 5) is 0. The minimum Gasteiger partial charge on any atom is -0.484 e. The maximum atomic E-state index is 13.5. The second kappa shape index (κ2) is 5.11. The van der Waals surface area contributed by atoms with Crippen molar-refractivity contribution in [2.75, 3.05) is 13.1 Å². The van der Waals surface area contributed by atoms with Gasteiger partial charge in [-0.3, -0.25) is 0 Å². The Bertz CT molecular complexity index is 427. The van der Waals surface area contributed by atoms with E-state index < -0.39 is 11.6 Å². The highest BCUT2D eigenvalue weighted by Crippen LogP contribution is 2.25. The van der Waals surface area contributed by atoms with Gasteiger partial charge in [0.1, 0.15) is 6.10 Å². The molecule has 0 amide bonds.